The molecule has 0 saturated carbocycles. The molecule has 2 heteroatoms. The Morgan fingerprint density at radius 2 is 2.00 bits per heavy atom. The van der Waals surface area contributed by atoms with Gasteiger partial charge in [-0.1, -0.05) is 48.7 Å². The van der Waals surface area contributed by atoms with Crippen LogP contribution in [0.5, 0.6) is 0 Å². The number of terminal acetylenes is 1. The van der Waals surface area contributed by atoms with E-state index in [0.717, 1.165) is 10.0 Å². The lowest BCUT2D eigenvalue weighted by Gasteiger charge is -2.21. The van der Waals surface area contributed by atoms with Gasteiger partial charge in [0.15, 0.2) is 5.60 Å². The van der Waals surface area contributed by atoms with Crippen LogP contribution < -0.4 is 0 Å². The second-order valence-corrected chi connectivity index (χ2v) is 6.15. The second-order valence-electron chi connectivity index (χ2n) is 5.24. The van der Waals surface area contributed by atoms with Gasteiger partial charge in [-0.15, -0.1) is 6.42 Å². The number of epoxide rings is 1. The predicted molar refractivity (Wildman–Crippen MR) is 69.3 cm³/mol. The predicted octanol–water partition coefficient (Wildman–Crippen LogP) is 3.61. The highest BCUT2D eigenvalue weighted by molar-refractivity contribution is 9.10. The lowest BCUT2D eigenvalue weighted by molar-refractivity contribution is 0.365. The zero-order chi connectivity index (χ0) is 12.0. The van der Waals surface area contributed by atoms with Crippen LogP contribution in [0.1, 0.15) is 31.9 Å². The molecule has 2 rings (SSSR count). The summed E-state index contributed by atoms with van der Waals surface area (Å²) in [6.45, 7) is 7.20. The highest BCUT2D eigenvalue weighted by Crippen LogP contribution is 2.40. The first-order valence-electron chi connectivity index (χ1n) is 5.31. The molecule has 1 aromatic rings. The molecular formula is C14H15BrO. The van der Waals surface area contributed by atoms with Crippen LogP contribution in [-0.2, 0) is 15.8 Å². The van der Waals surface area contributed by atoms with Crippen LogP contribution in [-0.4, -0.2) is 6.61 Å². The first kappa shape index (κ1) is 11.7. The van der Waals surface area contributed by atoms with Gasteiger partial charge in [-0.3, -0.25) is 0 Å². The quantitative estimate of drug-likeness (QED) is 0.565. The maximum absolute atomic E-state index is 5.52. The fourth-order valence-corrected chi connectivity index (χ4v) is 2.15. The number of rotatable bonds is 1. The first-order valence-corrected chi connectivity index (χ1v) is 6.10. The van der Waals surface area contributed by atoms with Crippen LogP contribution in [0, 0.1) is 12.3 Å². The molecule has 84 valence electrons. The lowest BCUT2D eigenvalue weighted by Crippen LogP contribution is -2.14. The molecule has 1 aliphatic heterocycles. The van der Waals surface area contributed by atoms with Gasteiger partial charge < -0.3 is 4.74 Å². The molecule has 0 N–H and O–H groups in total. The molecule has 0 spiro atoms. The minimum Gasteiger partial charge on any atom is -0.351 e. The minimum atomic E-state index is -0.468. The highest BCUT2D eigenvalue weighted by Gasteiger charge is 2.45. The average Bonchev–Trinajstić information content (AvgIpc) is 2.96. The van der Waals surface area contributed by atoms with Gasteiger partial charge in [0.2, 0.25) is 0 Å². The van der Waals surface area contributed by atoms with E-state index in [4.69, 9.17) is 11.2 Å². The smallest absolute Gasteiger partial charge is 0.177 e. The summed E-state index contributed by atoms with van der Waals surface area (Å²) < 4.78 is 6.45. The summed E-state index contributed by atoms with van der Waals surface area (Å²) >= 11 is 3.53. The molecule has 1 aromatic carbocycles. The fourth-order valence-electron chi connectivity index (χ4n) is 1.66. The van der Waals surface area contributed by atoms with Crippen molar-refractivity contribution in [3.05, 3.63) is 33.8 Å². The van der Waals surface area contributed by atoms with Crippen LogP contribution in [0.25, 0.3) is 0 Å². The van der Waals surface area contributed by atoms with Crippen LogP contribution in [0.15, 0.2) is 22.7 Å². The van der Waals surface area contributed by atoms with Gasteiger partial charge in [0.05, 0.1) is 6.61 Å². The molecule has 0 unspecified atom stereocenters. The molecule has 0 bridgehead atoms. The van der Waals surface area contributed by atoms with Crippen LogP contribution in [0.2, 0.25) is 0 Å². The molecule has 16 heavy (non-hydrogen) atoms. The van der Waals surface area contributed by atoms with E-state index in [9.17, 15) is 0 Å². The van der Waals surface area contributed by atoms with Crippen molar-refractivity contribution in [2.75, 3.05) is 6.61 Å². The second kappa shape index (κ2) is 3.61. The third-order valence-corrected chi connectivity index (χ3v) is 3.35. The molecule has 1 heterocycles. The van der Waals surface area contributed by atoms with Crippen LogP contribution >= 0.6 is 15.9 Å². The lowest BCUT2D eigenvalue weighted by atomic mass is 9.84. The summed E-state index contributed by atoms with van der Waals surface area (Å²) in [7, 11) is 0. The third kappa shape index (κ3) is 2.03. The topological polar surface area (TPSA) is 12.5 Å². The van der Waals surface area contributed by atoms with E-state index in [1.807, 2.05) is 6.07 Å². The van der Waals surface area contributed by atoms with Gasteiger partial charge in [-0.2, -0.15) is 0 Å². The van der Waals surface area contributed by atoms with Crippen molar-refractivity contribution < 1.29 is 4.74 Å². The molecule has 1 nitrogen and oxygen atoms in total. The molecular weight excluding hydrogens is 264 g/mol. The number of ether oxygens (including phenoxy) is 1. The fraction of sp³-hybridized carbons (Fsp3) is 0.429. The first-order chi connectivity index (χ1) is 7.37. The Morgan fingerprint density at radius 1 is 1.38 bits per heavy atom. The molecule has 0 amide bonds. The zero-order valence-electron chi connectivity index (χ0n) is 9.80. The summed E-state index contributed by atoms with van der Waals surface area (Å²) in [6, 6.07) is 6.33. The number of benzene rings is 1. The van der Waals surface area contributed by atoms with Crippen molar-refractivity contribution in [1.29, 1.82) is 0 Å². The largest absolute Gasteiger partial charge is 0.351 e. The Morgan fingerprint density at radius 3 is 2.44 bits per heavy atom. The average molecular weight is 279 g/mol. The van der Waals surface area contributed by atoms with Gasteiger partial charge >= 0.3 is 0 Å². The van der Waals surface area contributed by atoms with Crippen molar-refractivity contribution >= 4 is 15.9 Å². The summed E-state index contributed by atoms with van der Waals surface area (Å²) in [6.07, 6.45) is 5.52. The Hall–Kier alpha value is -0.780. The normalized spacial score (nSPS) is 23.9. The van der Waals surface area contributed by atoms with E-state index >= 15 is 0 Å². The monoisotopic (exact) mass is 278 g/mol. The summed E-state index contributed by atoms with van der Waals surface area (Å²) in [5.74, 6) is 2.73. The maximum atomic E-state index is 5.52. The molecule has 1 atom stereocenters. The highest BCUT2D eigenvalue weighted by atomic mass is 79.9. The Bertz CT molecular complexity index is 459. The van der Waals surface area contributed by atoms with E-state index in [-0.39, 0.29) is 5.41 Å². The molecule has 1 aliphatic rings. The number of hydrogen-bond donors (Lipinski definition) is 0. The van der Waals surface area contributed by atoms with Gasteiger partial charge in [-0.25, -0.2) is 0 Å². The Balaban J connectivity index is 2.50. The summed E-state index contributed by atoms with van der Waals surface area (Å²) in [4.78, 5) is 0. The molecule has 1 saturated heterocycles. The van der Waals surface area contributed by atoms with E-state index in [1.165, 1.54) is 5.56 Å². The van der Waals surface area contributed by atoms with E-state index in [2.05, 4.69) is 54.8 Å². The van der Waals surface area contributed by atoms with Crippen molar-refractivity contribution in [3.63, 3.8) is 0 Å². The molecule has 0 aromatic heterocycles. The SMILES string of the molecule is C#C[C@@]1(c2cc(Br)cc(C(C)(C)C)c2)CO1. The molecule has 1 fully saturated rings. The Kier molecular flexibility index (Phi) is 2.64. The number of halogens is 1. The molecule has 0 radical (unpaired) electrons. The third-order valence-electron chi connectivity index (χ3n) is 2.90. The standard InChI is InChI=1S/C14H15BrO/c1-5-14(9-16-14)11-6-10(13(2,3)4)7-12(15)8-11/h1,6-8H,9H2,2-4H3/t14-/m0/s1. The van der Waals surface area contributed by atoms with Gasteiger partial charge in [0.1, 0.15) is 0 Å². The summed E-state index contributed by atoms with van der Waals surface area (Å²) in [5, 5.41) is 0. The Labute approximate surface area is 105 Å². The summed E-state index contributed by atoms with van der Waals surface area (Å²) in [5.41, 5.74) is 1.99. The van der Waals surface area contributed by atoms with Crippen molar-refractivity contribution in [2.24, 2.45) is 0 Å². The van der Waals surface area contributed by atoms with Crippen LogP contribution in [0.4, 0.5) is 0 Å². The number of hydrogen-bond acceptors (Lipinski definition) is 1. The van der Waals surface area contributed by atoms with Gasteiger partial charge in [0.25, 0.3) is 0 Å². The van der Waals surface area contributed by atoms with Crippen LogP contribution in [0.3, 0.4) is 0 Å². The van der Waals surface area contributed by atoms with E-state index in [1.54, 1.807) is 0 Å². The van der Waals surface area contributed by atoms with Crippen molar-refractivity contribution in [2.45, 2.75) is 31.8 Å². The minimum absolute atomic E-state index is 0.114. The van der Waals surface area contributed by atoms with Crippen molar-refractivity contribution in [1.82, 2.24) is 0 Å². The van der Waals surface area contributed by atoms with Gasteiger partial charge in [0, 0.05) is 4.47 Å². The van der Waals surface area contributed by atoms with Gasteiger partial charge in [-0.05, 0) is 28.7 Å². The molecule has 0 aliphatic carbocycles. The van der Waals surface area contributed by atoms with Crippen molar-refractivity contribution in [3.8, 4) is 12.3 Å². The maximum Gasteiger partial charge on any atom is 0.177 e. The van der Waals surface area contributed by atoms with E-state index < -0.39 is 5.60 Å². The van der Waals surface area contributed by atoms with E-state index in [0.29, 0.717) is 6.61 Å². The zero-order valence-corrected chi connectivity index (χ0v) is 11.4.